The number of nitrogens with one attached hydrogen (secondary N) is 1. The largest absolute Gasteiger partial charge is 0.355 e. The van der Waals surface area contributed by atoms with E-state index in [0.717, 1.165) is 16.7 Å². The predicted molar refractivity (Wildman–Crippen MR) is 137 cm³/mol. The van der Waals surface area contributed by atoms with Crippen LogP contribution < -0.4 is 5.32 Å². The Hall–Kier alpha value is -2.76. The van der Waals surface area contributed by atoms with Crippen molar-refractivity contribution in [3.8, 4) is 0 Å². The molecule has 0 aromatic heterocycles. The molecule has 6 heteroatoms. The molecule has 0 aliphatic heterocycles. The summed E-state index contributed by atoms with van der Waals surface area (Å²) in [5.41, 5.74) is 3.08. The smallest absolute Gasteiger partial charge is 0.243 e. The van der Waals surface area contributed by atoms with Crippen molar-refractivity contribution in [2.24, 2.45) is 0 Å². The molecule has 0 aliphatic carbocycles. The third-order valence-electron chi connectivity index (χ3n) is 5.20. The molecule has 3 aromatic carbocycles. The molecule has 4 nitrogen and oxygen atoms in total. The van der Waals surface area contributed by atoms with Crippen molar-refractivity contribution in [1.29, 1.82) is 0 Å². The van der Waals surface area contributed by atoms with Gasteiger partial charge in [-0.05, 0) is 35.7 Å². The number of nitrogens with zero attached hydrogens (tertiary/aromatic N) is 1. The molecule has 0 spiro atoms. The van der Waals surface area contributed by atoms with Gasteiger partial charge in [0, 0.05) is 30.3 Å². The van der Waals surface area contributed by atoms with Crippen molar-refractivity contribution in [2.45, 2.75) is 31.7 Å². The number of rotatable bonds is 11. The van der Waals surface area contributed by atoms with E-state index in [9.17, 15) is 9.59 Å². The second-order valence-electron chi connectivity index (χ2n) is 7.73. The van der Waals surface area contributed by atoms with E-state index in [1.54, 1.807) is 4.90 Å². The third kappa shape index (κ3) is 7.95. The highest BCUT2D eigenvalue weighted by Crippen LogP contribution is 2.20. The fourth-order valence-electron chi connectivity index (χ4n) is 3.59. The van der Waals surface area contributed by atoms with Crippen molar-refractivity contribution in [2.75, 3.05) is 12.3 Å². The molecule has 0 unspecified atom stereocenters. The molecule has 0 fully saturated rings. The van der Waals surface area contributed by atoms with E-state index in [-0.39, 0.29) is 17.6 Å². The van der Waals surface area contributed by atoms with Gasteiger partial charge in [0.2, 0.25) is 11.8 Å². The fourth-order valence-corrected chi connectivity index (χ4v) is 4.66. The van der Waals surface area contributed by atoms with Crippen LogP contribution in [-0.2, 0) is 28.3 Å². The molecular weight excluding hydrogens is 452 g/mol. The van der Waals surface area contributed by atoms with Crippen LogP contribution in [0.5, 0.6) is 0 Å². The summed E-state index contributed by atoms with van der Waals surface area (Å²) >= 11 is 7.61. The zero-order chi connectivity index (χ0) is 23.5. The average molecular weight is 481 g/mol. The molecule has 3 aromatic rings. The molecule has 1 N–H and O–H groups in total. The molecule has 0 aliphatic rings. The number of thioether (sulfide) groups is 1. The minimum absolute atomic E-state index is 0.0573. The minimum atomic E-state index is -0.591. The number of halogens is 1. The average Bonchev–Trinajstić information content (AvgIpc) is 2.83. The highest BCUT2D eigenvalue weighted by molar-refractivity contribution is 7.99. The Morgan fingerprint density at radius 3 is 2.18 bits per heavy atom. The summed E-state index contributed by atoms with van der Waals surface area (Å²) in [6.45, 7) is 2.79. The highest BCUT2D eigenvalue weighted by Gasteiger charge is 2.29. The number of carbonyl (C=O) groups is 2. The van der Waals surface area contributed by atoms with Gasteiger partial charge in [0.25, 0.3) is 0 Å². The first-order valence-electron chi connectivity index (χ1n) is 11.0. The summed E-state index contributed by atoms with van der Waals surface area (Å²) in [5, 5.41) is 3.61. The molecule has 0 saturated carbocycles. The lowest BCUT2D eigenvalue weighted by molar-refractivity contribution is -0.139. The summed E-state index contributed by atoms with van der Waals surface area (Å²) < 4.78 is 0. The summed E-state index contributed by atoms with van der Waals surface area (Å²) in [6, 6.07) is 26.7. The predicted octanol–water partition coefficient (Wildman–Crippen LogP) is 5.35. The lowest BCUT2D eigenvalue weighted by Crippen LogP contribution is -2.51. The summed E-state index contributed by atoms with van der Waals surface area (Å²) in [4.78, 5) is 28.3. The number of benzene rings is 3. The van der Waals surface area contributed by atoms with E-state index in [1.165, 1.54) is 11.8 Å². The second-order valence-corrected chi connectivity index (χ2v) is 9.15. The van der Waals surface area contributed by atoms with Crippen molar-refractivity contribution in [1.82, 2.24) is 10.2 Å². The zero-order valence-corrected chi connectivity index (χ0v) is 20.3. The van der Waals surface area contributed by atoms with Gasteiger partial charge in [-0.15, -0.1) is 11.8 Å². The van der Waals surface area contributed by atoms with E-state index >= 15 is 0 Å². The SMILES string of the molecule is CCNC(=O)[C@H](Cc1ccccc1)N(Cc1ccccc1)C(=O)CSCc1cccc(Cl)c1. The van der Waals surface area contributed by atoms with Gasteiger partial charge in [-0.3, -0.25) is 9.59 Å². The van der Waals surface area contributed by atoms with Crippen LogP contribution in [0.25, 0.3) is 0 Å². The lowest BCUT2D eigenvalue weighted by atomic mass is 10.0. The lowest BCUT2D eigenvalue weighted by Gasteiger charge is -2.31. The Balaban J connectivity index is 1.80. The Morgan fingerprint density at radius 1 is 0.909 bits per heavy atom. The summed E-state index contributed by atoms with van der Waals surface area (Å²) in [6.07, 6.45) is 0.463. The van der Waals surface area contributed by atoms with Crippen LogP contribution in [-0.4, -0.2) is 35.1 Å². The van der Waals surface area contributed by atoms with E-state index in [0.29, 0.717) is 30.3 Å². The van der Waals surface area contributed by atoms with Gasteiger partial charge in [0.15, 0.2) is 0 Å². The third-order valence-corrected chi connectivity index (χ3v) is 6.42. The molecule has 33 heavy (non-hydrogen) atoms. The van der Waals surface area contributed by atoms with Crippen molar-refractivity contribution in [3.63, 3.8) is 0 Å². The standard InChI is InChI=1S/C27H29ClN2O2S/c1-2-29-27(32)25(17-21-10-5-3-6-11-21)30(18-22-12-7-4-8-13-22)26(31)20-33-19-23-14-9-15-24(28)16-23/h3-16,25H,2,17-20H2,1H3,(H,29,32)/t25-/m0/s1. The van der Waals surface area contributed by atoms with Crippen molar-refractivity contribution in [3.05, 3.63) is 107 Å². The normalized spacial score (nSPS) is 11.6. The van der Waals surface area contributed by atoms with Crippen LogP contribution in [0.2, 0.25) is 5.02 Å². The zero-order valence-electron chi connectivity index (χ0n) is 18.7. The van der Waals surface area contributed by atoms with Gasteiger partial charge in [-0.1, -0.05) is 84.4 Å². The number of amides is 2. The van der Waals surface area contributed by atoms with Gasteiger partial charge < -0.3 is 10.2 Å². The number of likely N-dealkylation sites (N-methyl/N-ethyl adjacent to an activating group) is 1. The van der Waals surface area contributed by atoms with Gasteiger partial charge >= 0.3 is 0 Å². The van der Waals surface area contributed by atoms with E-state index in [1.807, 2.05) is 91.9 Å². The number of hydrogen-bond acceptors (Lipinski definition) is 3. The Labute approximate surface area is 205 Å². The molecule has 0 radical (unpaired) electrons. The van der Waals surface area contributed by atoms with Crippen LogP contribution in [0, 0.1) is 0 Å². The maximum Gasteiger partial charge on any atom is 0.243 e. The Morgan fingerprint density at radius 2 is 1.55 bits per heavy atom. The molecule has 0 saturated heterocycles. The molecule has 1 atom stereocenters. The summed E-state index contributed by atoms with van der Waals surface area (Å²) in [5.74, 6) is 0.767. The minimum Gasteiger partial charge on any atom is -0.355 e. The Bertz CT molecular complexity index is 1030. The highest BCUT2D eigenvalue weighted by atomic mass is 35.5. The number of carbonyl (C=O) groups excluding carboxylic acids is 2. The first-order chi connectivity index (χ1) is 16.1. The quantitative estimate of drug-likeness (QED) is 0.402. The summed E-state index contributed by atoms with van der Waals surface area (Å²) in [7, 11) is 0. The van der Waals surface area contributed by atoms with E-state index < -0.39 is 6.04 Å². The molecular formula is C27H29ClN2O2S. The van der Waals surface area contributed by atoms with Gasteiger partial charge in [0.05, 0.1) is 5.75 Å². The molecule has 0 heterocycles. The van der Waals surface area contributed by atoms with E-state index in [2.05, 4.69) is 5.32 Å². The van der Waals surface area contributed by atoms with E-state index in [4.69, 9.17) is 11.6 Å². The fraction of sp³-hybridized carbons (Fsp3) is 0.259. The Kier molecular flexibility index (Phi) is 9.85. The molecule has 0 bridgehead atoms. The molecule has 3 rings (SSSR count). The van der Waals surface area contributed by atoms with Gasteiger partial charge in [0.1, 0.15) is 6.04 Å². The van der Waals surface area contributed by atoms with Crippen LogP contribution in [0.4, 0.5) is 0 Å². The van der Waals surface area contributed by atoms with Crippen molar-refractivity contribution < 1.29 is 9.59 Å². The number of hydrogen-bond donors (Lipinski definition) is 1. The van der Waals surface area contributed by atoms with Gasteiger partial charge in [-0.2, -0.15) is 0 Å². The monoisotopic (exact) mass is 480 g/mol. The molecule has 2 amide bonds. The maximum atomic E-state index is 13.4. The van der Waals surface area contributed by atoms with Crippen LogP contribution in [0.1, 0.15) is 23.6 Å². The first-order valence-corrected chi connectivity index (χ1v) is 12.6. The van der Waals surface area contributed by atoms with Crippen LogP contribution in [0.15, 0.2) is 84.9 Å². The topological polar surface area (TPSA) is 49.4 Å². The van der Waals surface area contributed by atoms with Crippen LogP contribution in [0.3, 0.4) is 0 Å². The van der Waals surface area contributed by atoms with Gasteiger partial charge in [-0.25, -0.2) is 0 Å². The van der Waals surface area contributed by atoms with Crippen molar-refractivity contribution >= 4 is 35.2 Å². The maximum absolute atomic E-state index is 13.4. The first kappa shape index (κ1) is 24.9. The second kappa shape index (κ2) is 13.1. The van der Waals surface area contributed by atoms with Crippen LogP contribution >= 0.6 is 23.4 Å². The molecule has 172 valence electrons.